The van der Waals surface area contributed by atoms with Crippen molar-refractivity contribution in [2.24, 2.45) is 5.73 Å². The number of unbranched alkanes of at least 4 members (excludes halogenated alkanes) is 1. The second kappa shape index (κ2) is 8.13. The maximum absolute atomic E-state index is 11.0. The quantitative estimate of drug-likeness (QED) is 0.833. The predicted molar refractivity (Wildman–Crippen MR) is 70.0 cm³/mol. The molecule has 1 amide bonds. The summed E-state index contributed by atoms with van der Waals surface area (Å²) >= 11 is 0. The van der Waals surface area contributed by atoms with Gasteiger partial charge >= 0.3 is 0 Å². The first-order chi connectivity index (χ1) is 7.26. The third-order valence-electron chi connectivity index (χ3n) is 2.24. The van der Waals surface area contributed by atoms with E-state index in [0.29, 0.717) is 0 Å². The molecule has 0 aromatic heterocycles. The summed E-state index contributed by atoms with van der Waals surface area (Å²) < 4.78 is 0. The number of aryl methyl sites for hydroxylation is 1. The second-order valence-electron chi connectivity index (χ2n) is 3.55. The molecule has 16 heavy (non-hydrogen) atoms. The number of halogens is 1. The molecule has 0 unspecified atom stereocenters. The molecular formula is C12H19ClN2O. The summed E-state index contributed by atoms with van der Waals surface area (Å²) in [5.74, 6) is -0.156. The van der Waals surface area contributed by atoms with Gasteiger partial charge in [0.25, 0.3) is 0 Å². The van der Waals surface area contributed by atoms with Crippen LogP contribution >= 0.6 is 12.4 Å². The molecule has 1 aromatic rings. The molecule has 0 saturated carbocycles. The number of benzene rings is 1. The monoisotopic (exact) mass is 242 g/mol. The standard InChI is InChI=1S/C12H18N2O.ClH/c1-2-3-4-10-5-7-11(8-6-10)14-12(15)9-13;/h5-8H,2-4,9,13H2,1H3,(H,14,15);1H. The zero-order valence-corrected chi connectivity index (χ0v) is 10.3. The number of nitrogens with one attached hydrogen (secondary N) is 1. The Bertz CT molecular complexity index is 311. The van der Waals surface area contributed by atoms with Crippen molar-refractivity contribution < 1.29 is 4.79 Å². The molecular weight excluding hydrogens is 224 g/mol. The first-order valence-corrected chi connectivity index (χ1v) is 5.35. The van der Waals surface area contributed by atoms with Crippen LogP contribution in [0.5, 0.6) is 0 Å². The van der Waals surface area contributed by atoms with Crippen LogP contribution in [0.15, 0.2) is 24.3 Å². The van der Waals surface area contributed by atoms with Crippen LogP contribution in [-0.4, -0.2) is 12.5 Å². The molecule has 0 heterocycles. The Hall–Kier alpha value is -1.06. The van der Waals surface area contributed by atoms with Crippen molar-refractivity contribution in [1.82, 2.24) is 0 Å². The highest BCUT2D eigenvalue weighted by molar-refractivity contribution is 5.92. The highest BCUT2D eigenvalue weighted by Crippen LogP contribution is 2.11. The third kappa shape index (κ3) is 5.14. The maximum Gasteiger partial charge on any atom is 0.238 e. The van der Waals surface area contributed by atoms with Gasteiger partial charge < -0.3 is 11.1 Å². The molecule has 3 N–H and O–H groups in total. The average Bonchev–Trinajstić information content (AvgIpc) is 2.28. The highest BCUT2D eigenvalue weighted by Gasteiger charge is 1.98. The molecule has 0 fully saturated rings. The number of hydrogen-bond donors (Lipinski definition) is 2. The number of hydrogen-bond acceptors (Lipinski definition) is 2. The van der Waals surface area contributed by atoms with E-state index in [-0.39, 0.29) is 24.9 Å². The van der Waals surface area contributed by atoms with Gasteiger partial charge in [-0.2, -0.15) is 0 Å². The van der Waals surface area contributed by atoms with E-state index in [9.17, 15) is 4.79 Å². The van der Waals surface area contributed by atoms with E-state index in [1.807, 2.05) is 24.3 Å². The van der Waals surface area contributed by atoms with Crippen molar-refractivity contribution in [3.8, 4) is 0 Å². The number of carbonyl (C=O) groups is 1. The van der Waals surface area contributed by atoms with E-state index < -0.39 is 0 Å². The molecule has 0 aliphatic carbocycles. The third-order valence-corrected chi connectivity index (χ3v) is 2.24. The Morgan fingerprint density at radius 2 is 1.94 bits per heavy atom. The largest absolute Gasteiger partial charge is 0.325 e. The molecule has 0 atom stereocenters. The lowest BCUT2D eigenvalue weighted by atomic mass is 10.1. The summed E-state index contributed by atoms with van der Waals surface area (Å²) in [5.41, 5.74) is 7.32. The first kappa shape index (κ1) is 14.9. The van der Waals surface area contributed by atoms with E-state index in [1.165, 1.54) is 18.4 Å². The van der Waals surface area contributed by atoms with Crippen LogP contribution < -0.4 is 11.1 Å². The zero-order chi connectivity index (χ0) is 11.1. The van der Waals surface area contributed by atoms with Crippen molar-refractivity contribution in [2.75, 3.05) is 11.9 Å². The van der Waals surface area contributed by atoms with Gasteiger partial charge in [0.05, 0.1) is 6.54 Å². The molecule has 0 saturated heterocycles. The van der Waals surface area contributed by atoms with Crippen LogP contribution in [0.2, 0.25) is 0 Å². The lowest BCUT2D eigenvalue weighted by Gasteiger charge is -2.04. The smallest absolute Gasteiger partial charge is 0.238 e. The van der Waals surface area contributed by atoms with Gasteiger partial charge in [0.2, 0.25) is 5.91 Å². The van der Waals surface area contributed by atoms with E-state index in [1.54, 1.807) is 0 Å². The van der Waals surface area contributed by atoms with Gasteiger partial charge in [0.1, 0.15) is 0 Å². The molecule has 0 aliphatic heterocycles. The number of anilines is 1. The van der Waals surface area contributed by atoms with Gasteiger partial charge in [-0.25, -0.2) is 0 Å². The minimum absolute atomic E-state index is 0. The summed E-state index contributed by atoms with van der Waals surface area (Å²) in [6.07, 6.45) is 3.50. The second-order valence-corrected chi connectivity index (χ2v) is 3.55. The fourth-order valence-corrected chi connectivity index (χ4v) is 1.35. The molecule has 90 valence electrons. The van der Waals surface area contributed by atoms with Gasteiger partial charge in [-0.3, -0.25) is 4.79 Å². The van der Waals surface area contributed by atoms with Gasteiger partial charge in [-0.1, -0.05) is 25.5 Å². The van der Waals surface area contributed by atoms with Crippen LogP contribution in [0.3, 0.4) is 0 Å². The minimum Gasteiger partial charge on any atom is -0.325 e. The molecule has 0 aliphatic rings. The minimum atomic E-state index is -0.156. The molecule has 3 nitrogen and oxygen atoms in total. The first-order valence-electron chi connectivity index (χ1n) is 5.35. The lowest BCUT2D eigenvalue weighted by Crippen LogP contribution is -2.21. The summed E-state index contributed by atoms with van der Waals surface area (Å²) in [4.78, 5) is 11.0. The Morgan fingerprint density at radius 1 is 1.31 bits per heavy atom. The fourth-order valence-electron chi connectivity index (χ4n) is 1.35. The fraction of sp³-hybridized carbons (Fsp3) is 0.417. The van der Waals surface area contributed by atoms with Gasteiger partial charge in [-0.15, -0.1) is 12.4 Å². The van der Waals surface area contributed by atoms with Crippen LogP contribution in [-0.2, 0) is 11.2 Å². The topological polar surface area (TPSA) is 55.1 Å². The van der Waals surface area contributed by atoms with Crippen molar-refractivity contribution >= 4 is 24.0 Å². The van der Waals surface area contributed by atoms with Crippen LogP contribution in [0.25, 0.3) is 0 Å². The highest BCUT2D eigenvalue weighted by atomic mass is 35.5. The summed E-state index contributed by atoms with van der Waals surface area (Å²) in [5, 5.41) is 2.71. The number of amides is 1. The summed E-state index contributed by atoms with van der Waals surface area (Å²) in [6.45, 7) is 2.20. The van der Waals surface area contributed by atoms with E-state index in [4.69, 9.17) is 5.73 Å². The van der Waals surface area contributed by atoms with E-state index in [0.717, 1.165) is 12.1 Å². The Kier molecular flexibility index (Phi) is 7.60. The van der Waals surface area contributed by atoms with Crippen LogP contribution in [0.1, 0.15) is 25.3 Å². The van der Waals surface area contributed by atoms with Crippen LogP contribution in [0, 0.1) is 0 Å². The average molecular weight is 243 g/mol. The lowest BCUT2D eigenvalue weighted by molar-refractivity contribution is -0.114. The van der Waals surface area contributed by atoms with E-state index >= 15 is 0 Å². The Morgan fingerprint density at radius 3 is 2.44 bits per heavy atom. The molecule has 0 bridgehead atoms. The van der Waals surface area contributed by atoms with Crippen molar-refractivity contribution in [2.45, 2.75) is 26.2 Å². The van der Waals surface area contributed by atoms with Gasteiger partial charge in [0, 0.05) is 5.69 Å². The summed E-state index contributed by atoms with van der Waals surface area (Å²) in [7, 11) is 0. The molecule has 4 heteroatoms. The van der Waals surface area contributed by atoms with Gasteiger partial charge in [0.15, 0.2) is 0 Å². The maximum atomic E-state index is 11.0. The van der Waals surface area contributed by atoms with Gasteiger partial charge in [-0.05, 0) is 30.5 Å². The number of carbonyl (C=O) groups excluding carboxylic acids is 1. The molecule has 0 radical (unpaired) electrons. The Balaban J connectivity index is 0.00000225. The predicted octanol–water partition coefficient (Wildman–Crippen LogP) is 2.35. The number of nitrogens with two attached hydrogens (primary N) is 1. The number of rotatable bonds is 5. The SMILES string of the molecule is CCCCc1ccc(NC(=O)CN)cc1.Cl. The van der Waals surface area contributed by atoms with Crippen molar-refractivity contribution in [3.05, 3.63) is 29.8 Å². The van der Waals surface area contributed by atoms with Crippen molar-refractivity contribution in [1.29, 1.82) is 0 Å². The van der Waals surface area contributed by atoms with Crippen molar-refractivity contribution in [3.63, 3.8) is 0 Å². The summed E-state index contributed by atoms with van der Waals surface area (Å²) in [6, 6.07) is 7.92. The normalized spacial score (nSPS) is 9.38. The zero-order valence-electron chi connectivity index (χ0n) is 9.53. The molecule has 1 aromatic carbocycles. The molecule has 0 spiro atoms. The van der Waals surface area contributed by atoms with Crippen LogP contribution in [0.4, 0.5) is 5.69 Å². The Labute approximate surface area is 103 Å². The molecule has 1 rings (SSSR count). The van der Waals surface area contributed by atoms with E-state index in [2.05, 4.69) is 12.2 Å².